The van der Waals surface area contributed by atoms with Crippen LogP contribution in [-0.4, -0.2) is 5.11 Å². The van der Waals surface area contributed by atoms with Crippen molar-refractivity contribution in [1.29, 1.82) is 0 Å². The van der Waals surface area contributed by atoms with Gasteiger partial charge in [-0.15, -0.1) is 0 Å². The first-order chi connectivity index (χ1) is 6.83. The lowest BCUT2D eigenvalue weighted by atomic mass is 10.0. The summed E-state index contributed by atoms with van der Waals surface area (Å²) < 4.78 is 0. The lowest BCUT2D eigenvalue weighted by molar-refractivity contribution is 0.466. The molecule has 4 N–H and O–H groups in total. The largest absolute Gasteiger partial charge is 0.508 e. The highest BCUT2D eigenvalue weighted by Crippen LogP contribution is 2.26. The highest BCUT2D eigenvalue weighted by molar-refractivity contribution is 5.87. The number of hydrazine groups is 1. The molecule has 3 nitrogen and oxygen atoms in total. The highest BCUT2D eigenvalue weighted by Gasteiger charge is 2.04. The van der Waals surface area contributed by atoms with Crippen molar-refractivity contribution in [1.82, 2.24) is 5.43 Å². The zero-order valence-electron chi connectivity index (χ0n) is 7.70. The Morgan fingerprint density at radius 3 is 2.71 bits per heavy atom. The summed E-state index contributed by atoms with van der Waals surface area (Å²) in [6, 6.07) is 11.5. The summed E-state index contributed by atoms with van der Waals surface area (Å²) in [5.74, 6) is 5.54. The van der Waals surface area contributed by atoms with Crippen molar-refractivity contribution >= 4 is 10.8 Å². The molecule has 0 aliphatic rings. The Morgan fingerprint density at radius 2 is 1.93 bits per heavy atom. The van der Waals surface area contributed by atoms with Gasteiger partial charge in [-0.1, -0.05) is 30.3 Å². The van der Waals surface area contributed by atoms with Crippen LogP contribution in [0.25, 0.3) is 10.8 Å². The molecule has 2 aromatic carbocycles. The van der Waals surface area contributed by atoms with Gasteiger partial charge in [-0.3, -0.25) is 11.3 Å². The predicted molar refractivity (Wildman–Crippen MR) is 56.6 cm³/mol. The van der Waals surface area contributed by atoms with Gasteiger partial charge in [0.15, 0.2) is 0 Å². The smallest absolute Gasteiger partial charge is 0.120 e. The Labute approximate surface area is 82.1 Å². The number of nitrogens with one attached hydrogen (secondary N) is 1. The first-order valence-electron chi connectivity index (χ1n) is 4.46. The number of rotatable bonds is 2. The van der Waals surface area contributed by atoms with Gasteiger partial charge in [0.05, 0.1) is 0 Å². The minimum absolute atomic E-state index is 0.279. The quantitative estimate of drug-likeness (QED) is 0.494. The molecule has 2 rings (SSSR count). The van der Waals surface area contributed by atoms with E-state index in [0.717, 1.165) is 16.3 Å². The van der Waals surface area contributed by atoms with E-state index in [1.807, 2.05) is 30.3 Å². The van der Waals surface area contributed by atoms with Crippen LogP contribution in [0.4, 0.5) is 0 Å². The molecule has 0 saturated carbocycles. The Bertz CT molecular complexity index is 454. The van der Waals surface area contributed by atoms with E-state index in [2.05, 4.69) is 5.43 Å². The number of hydrogen-bond donors (Lipinski definition) is 3. The van der Waals surface area contributed by atoms with Crippen LogP contribution in [0.1, 0.15) is 5.56 Å². The van der Waals surface area contributed by atoms with Crippen molar-refractivity contribution in [3.8, 4) is 5.75 Å². The van der Waals surface area contributed by atoms with E-state index < -0.39 is 0 Å². The molecule has 14 heavy (non-hydrogen) atoms. The maximum absolute atomic E-state index is 9.64. The molecule has 0 aromatic heterocycles. The highest BCUT2D eigenvalue weighted by atomic mass is 16.3. The van der Waals surface area contributed by atoms with Crippen molar-refractivity contribution in [3.05, 3.63) is 42.0 Å². The van der Waals surface area contributed by atoms with E-state index in [4.69, 9.17) is 5.84 Å². The summed E-state index contributed by atoms with van der Waals surface area (Å²) in [6.07, 6.45) is 0. The van der Waals surface area contributed by atoms with E-state index in [9.17, 15) is 5.11 Å². The third kappa shape index (κ3) is 1.43. The van der Waals surface area contributed by atoms with E-state index >= 15 is 0 Å². The fourth-order valence-electron chi connectivity index (χ4n) is 1.61. The second-order valence-corrected chi connectivity index (χ2v) is 3.17. The molecule has 0 bridgehead atoms. The standard InChI is InChI=1S/C11H12N2O/c12-13-7-10-9-4-2-1-3-8(9)5-6-11(10)14/h1-6,13-14H,7,12H2. The minimum Gasteiger partial charge on any atom is -0.508 e. The van der Waals surface area contributed by atoms with Gasteiger partial charge in [0.25, 0.3) is 0 Å². The second-order valence-electron chi connectivity index (χ2n) is 3.17. The third-order valence-corrected chi connectivity index (χ3v) is 2.29. The molecule has 0 saturated heterocycles. The summed E-state index contributed by atoms with van der Waals surface area (Å²) in [4.78, 5) is 0. The van der Waals surface area contributed by atoms with E-state index in [-0.39, 0.29) is 5.75 Å². The minimum atomic E-state index is 0.279. The maximum atomic E-state index is 9.64. The Balaban J connectivity index is 2.69. The van der Waals surface area contributed by atoms with Gasteiger partial charge in [0.1, 0.15) is 5.75 Å². The summed E-state index contributed by atoms with van der Waals surface area (Å²) >= 11 is 0. The van der Waals surface area contributed by atoms with Crippen molar-refractivity contribution in [2.75, 3.05) is 0 Å². The fraction of sp³-hybridized carbons (Fsp3) is 0.0909. The lowest BCUT2D eigenvalue weighted by Crippen LogP contribution is -2.21. The van der Waals surface area contributed by atoms with Gasteiger partial charge in [0, 0.05) is 12.1 Å². The van der Waals surface area contributed by atoms with Crippen molar-refractivity contribution in [2.24, 2.45) is 5.84 Å². The lowest BCUT2D eigenvalue weighted by Gasteiger charge is -2.07. The van der Waals surface area contributed by atoms with Gasteiger partial charge >= 0.3 is 0 Å². The second kappa shape index (κ2) is 3.65. The average molecular weight is 188 g/mol. The number of phenols is 1. The molecule has 0 amide bonds. The molecule has 0 radical (unpaired) electrons. The Hall–Kier alpha value is -1.58. The molecule has 0 heterocycles. The molecule has 0 spiro atoms. The molecule has 0 aliphatic carbocycles. The van der Waals surface area contributed by atoms with Crippen molar-refractivity contribution in [3.63, 3.8) is 0 Å². The van der Waals surface area contributed by atoms with E-state index in [0.29, 0.717) is 6.54 Å². The SMILES string of the molecule is NNCc1c(O)ccc2ccccc12. The van der Waals surface area contributed by atoms with Crippen LogP contribution in [0.15, 0.2) is 36.4 Å². The summed E-state index contributed by atoms with van der Waals surface area (Å²) in [5, 5.41) is 11.8. The van der Waals surface area contributed by atoms with Gasteiger partial charge in [-0.25, -0.2) is 0 Å². The molecule has 3 heteroatoms. The van der Waals surface area contributed by atoms with Crippen molar-refractivity contribution in [2.45, 2.75) is 6.54 Å². The first kappa shape index (κ1) is 8.99. The van der Waals surface area contributed by atoms with Crippen LogP contribution in [0.5, 0.6) is 5.75 Å². The normalized spacial score (nSPS) is 10.6. The number of nitrogens with two attached hydrogens (primary N) is 1. The van der Waals surface area contributed by atoms with Gasteiger partial charge in [-0.05, 0) is 16.8 Å². The molecular weight excluding hydrogens is 176 g/mol. The molecule has 0 fully saturated rings. The van der Waals surface area contributed by atoms with Crippen molar-refractivity contribution < 1.29 is 5.11 Å². The monoisotopic (exact) mass is 188 g/mol. The Morgan fingerprint density at radius 1 is 1.14 bits per heavy atom. The topological polar surface area (TPSA) is 58.3 Å². The van der Waals surface area contributed by atoms with Gasteiger partial charge < -0.3 is 5.11 Å². The van der Waals surface area contributed by atoms with Crippen LogP contribution in [0.3, 0.4) is 0 Å². The molecule has 0 aliphatic heterocycles. The van der Waals surface area contributed by atoms with Crippen LogP contribution in [-0.2, 0) is 6.54 Å². The first-order valence-corrected chi connectivity index (χ1v) is 4.46. The summed E-state index contributed by atoms with van der Waals surface area (Å²) in [6.45, 7) is 0.465. The molecule has 2 aromatic rings. The molecular formula is C11H12N2O. The maximum Gasteiger partial charge on any atom is 0.120 e. The Kier molecular flexibility index (Phi) is 2.35. The predicted octanol–water partition coefficient (Wildman–Crippen LogP) is 1.51. The number of benzene rings is 2. The zero-order chi connectivity index (χ0) is 9.97. The number of hydrogen-bond acceptors (Lipinski definition) is 3. The summed E-state index contributed by atoms with van der Waals surface area (Å²) in [5.41, 5.74) is 3.40. The van der Waals surface area contributed by atoms with Crippen LogP contribution < -0.4 is 11.3 Å². The number of fused-ring (bicyclic) bond motifs is 1. The molecule has 72 valence electrons. The van der Waals surface area contributed by atoms with E-state index in [1.165, 1.54) is 0 Å². The zero-order valence-corrected chi connectivity index (χ0v) is 7.70. The van der Waals surface area contributed by atoms with Crippen LogP contribution >= 0.6 is 0 Å². The fourth-order valence-corrected chi connectivity index (χ4v) is 1.61. The van der Waals surface area contributed by atoms with Gasteiger partial charge in [-0.2, -0.15) is 0 Å². The third-order valence-electron chi connectivity index (χ3n) is 2.29. The van der Waals surface area contributed by atoms with Crippen LogP contribution in [0, 0.1) is 0 Å². The summed E-state index contributed by atoms with van der Waals surface area (Å²) in [7, 11) is 0. The molecule has 0 unspecified atom stereocenters. The number of aromatic hydroxyl groups is 1. The van der Waals surface area contributed by atoms with E-state index in [1.54, 1.807) is 6.07 Å². The van der Waals surface area contributed by atoms with Gasteiger partial charge in [0.2, 0.25) is 0 Å². The van der Waals surface area contributed by atoms with Crippen LogP contribution in [0.2, 0.25) is 0 Å². The number of phenolic OH excluding ortho intramolecular Hbond substituents is 1. The molecule has 0 atom stereocenters. The average Bonchev–Trinajstić information content (AvgIpc) is 2.23.